The molecule has 8 heteroatoms. The highest BCUT2D eigenvalue weighted by molar-refractivity contribution is 7.46. The third kappa shape index (κ3) is 23.6. The summed E-state index contributed by atoms with van der Waals surface area (Å²) in [6.45, 7) is 1.44. The van der Waals surface area contributed by atoms with Gasteiger partial charge in [-0.25, -0.2) is 4.57 Å². The van der Waals surface area contributed by atoms with Gasteiger partial charge in [0.2, 0.25) is 0 Å². The van der Waals surface area contributed by atoms with Crippen molar-refractivity contribution in [3.05, 3.63) is 24.3 Å². The van der Waals surface area contributed by atoms with Crippen LogP contribution < -0.4 is 0 Å². The molecule has 0 heterocycles. The lowest BCUT2D eigenvalue weighted by Gasteiger charge is -2.15. The van der Waals surface area contributed by atoms with E-state index in [1.165, 1.54) is 32.1 Å². The largest absolute Gasteiger partial charge is 0.469 e. The Hall–Kier alpha value is -0.530. The molecule has 0 aliphatic heterocycles. The number of ether oxygens (including phenoxy) is 1. The van der Waals surface area contributed by atoms with Gasteiger partial charge in [0, 0.05) is 0 Å². The maximum atomic E-state index is 10.5. The first-order valence-corrected chi connectivity index (χ1v) is 12.4. The molecule has 0 aliphatic rings. The summed E-state index contributed by atoms with van der Waals surface area (Å²) < 4.78 is 19.7. The molecular weight excluding hydrogens is 395 g/mol. The molecule has 0 bridgehead atoms. The van der Waals surface area contributed by atoms with Gasteiger partial charge in [-0.15, -0.1) is 0 Å². The standard InChI is InChI=1S/C21H41O7P/c1-2-3-4-5-6-7-8-9-10-11-12-13-14-15-16-17-21(23)27-18-20(22)19-28-29(24,25)26/h6-7,9-10,20-23H,2-5,8,11-19H2,1H3,(H2,24,25,26)/b7-6-,10-9-/t20-,21+/m1/s1. The molecule has 0 saturated carbocycles. The zero-order chi connectivity index (χ0) is 21.8. The van der Waals surface area contributed by atoms with Crippen molar-refractivity contribution in [1.82, 2.24) is 0 Å². The van der Waals surface area contributed by atoms with Crippen molar-refractivity contribution in [3.8, 4) is 0 Å². The lowest BCUT2D eigenvalue weighted by Crippen LogP contribution is -2.25. The summed E-state index contributed by atoms with van der Waals surface area (Å²) in [4.78, 5) is 17.1. The Labute approximate surface area is 176 Å². The summed E-state index contributed by atoms with van der Waals surface area (Å²) in [7, 11) is -4.60. The van der Waals surface area contributed by atoms with Crippen LogP contribution in [0.15, 0.2) is 24.3 Å². The van der Waals surface area contributed by atoms with E-state index in [1.807, 2.05) is 0 Å². The Morgan fingerprint density at radius 1 is 0.828 bits per heavy atom. The molecule has 0 saturated heterocycles. The number of unbranched alkanes of at least 4 members (excludes halogenated alkanes) is 8. The molecule has 29 heavy (non-hydrogen) atoms. The van der Waals surface area contributed by atoms with Gasteiger partial charge < -0.3 is 24.7 Å². The maximum absolute atomic E-state index is 10.5. The first-order valence-electron chi connectivity index (χ1n) is 10.8. The second-order valence-electron chi connectivity index (χ2n) is 7.25. The van der Waals surface area contributed by atoms with Gasteiger partial charge in [-0.3, -0.25) is 4.52 Å². The van der Waals surface area contributed by atoms with Crippen LogP contribution >= 0.6 is 7.82 Å². The van der Waals surface area contributed by atoms with Gasteiger partial charge in [0.05, 0.1) is 13.2 Å². The number of allylic oxidation sites excluding steroid dienone is 4. The zero-order valence-corrected chi connectivity index (χ0v) is 18.7. The minimum Gasteiger partial charge on any atom is -0.388 e. The molecule has 0 radical (unpaired) electrons. The van der Waals surface area contributed by atoms with Crippen molar-refractivity contribution < 1.29 is 33.8 Å². The zero-order valence-electron chi connectivity index (χ0n) is 17.8. The van der Waals surface area contributed by atoms with Crippen LogP contribution in [0, 0.1) is 0 Å². The predicted molar refractivity (Wildman–Crippen MR) is 115 cm³/mol. The fraction of sp³-hybridized carbons (Fsp3) is 0.810. The Morgan fingerprint density at radius 3 is 2.03 bits per heavy atom. The molecule has 0 aliphatic carbocycles. The Balaban J connectivity index is 3.43. The van der Waals surface area contributed by atoms with Crippen molar-refractivity contribution in [2.45, 2.75) is 96.4 Å². The Kier molecular flexibility index (Phi) is 19.1. The van der Waals surface area contributed by atoms with E-state index in [2.05, 4.69) is 35.8 Å². The molecule has 0 rings (SSSR count). The van der Waals surface area contributed by atoms with Gasteiger partial charge in [-0.1, -0.05) is 63.3 Å². The van der Waals surface area contributed by atoms with Crippen LogP contribution in [0.4, 0.5) is 0 Å². The molecule has 0 fully saturated rings. The van der Waals surface area contributed by atoms with Gasteiger partial charge in [-0.2, -0.15) is 0 Å². The summed E-state index contributed by atoms with van der Waals surface area (Å²) in [6, 6.07) is 0. The quantitative estimate of drug-likeness (QED) is 0.0953. The molecule has 0 spiro atoms. The summed E-state index contributed by atoms with van der Waals surface area (Å²) in [6.07, 6.45) is 19.7. The second-order valence-corrected chi connectivity index (χ2v) is 8.49. The molecule has 0 unspecified atom stereocenters. The molecule has 0 amide bonds. The normalized spacial score (nSPS) is 14.8. The topological polar surface area (TPSA) is 116 Å². The average molecular weight is 437 g/mol. The van der Waals surface area contributed by atoms with E-state index in [1.54, 1.807) is 0 Å². The number of hydrogen-bond donors (Lipinski definition) is 4. The highest BCUT2D eigenvalue weighted by Crippen LogP contribution is 2.35. The van der Waals surface area contributed by atoms with Gasteiger partial charge in [0.15, 0.2) is 6.29 Å². The van der Waals surface area contributed by atoms with E-state index < -0.39 is 26.8 Å². The van der Waals surface area contributed by atoms with E-state index in [9.17, 15) is 14.8 Å². The molecule has 0 aromatic rings. The molecule has 0 aromatic carbocycles. The Morgan fingerprint density at radius 2 is 1.41 bits per heavy atom. The molecular formula is C21H41O7P. The van der Waals surface area contributed by atoms with Crippen molar-refractivity contribution in [1.29, 1.82) is 0 Å². The number of hydrogen-bond acceptors (Lipinski definition) is 5. The lowest BCUT2D eigenvalue weighted by molar-refractivity contribution is -0.129. The number of aliphatic hydroxyl groups excluding tert-OH is 2. The number of phosphoric ester groups is 1. The van der Waals surface area contributed by atoms with Gasteiger partial charge in [-0.05, 0) is 44.9 Å². The van der Waals surface area contributed by atoms with Crippen LogP contribution in [0.25, 0.3) is 0 Å². The highest BCUT2D eigenvalue weighted by atomic mass is 31.2. The molecule has 7 nitrogen and oxygen atoms in total. The Bertz CT molecular complexity index is 462. The minimum absolute atomic E-state index is 0.235. The summed E-state index contributed by atoms with van der Waals surface area (Å²) in [5.41, 5.74) is 0. The number of rotatable bonds is 20. The lowest BCUT2D eigenvalue weighted by atomic mass is 10.1. The van der Waals surface area contributed by atoms with Gasteiger partial charge >= 0.3 is 7.82 Å². The first-order chi connectivity index (χ1) is 13.8. The van der Waals surface area contributed by atoms with Crippen LogP contribution in [0.5, 0.6) is 0 Å². The van der Waals surface area contributed by atoms with Crippen LogP contribution in [0.1, 0.15) is 84.0 Å². The van der Waals surface area contributed by atoms with Crippen LogP contribution in [-0.4, -0.2) is 45.6 Å². The van der Waals surface area contributed by atoms with Gasteiger partial charge in [0.1, 0.15) is 6.10 Å². The van der Waals surface area contributed by atoms with E-state index >= 15 is 0 Å². The first kappa shape index (κ1) is 28.5. The maximum Gasteiger partial charge on any atom is 0.469 e. The van der Waals surface area contributed by atoms with E-state index in [0.717, 1.165) is 38.5 Å². The third-order valence-electron chi connectivity index (χ3n) is 4.32. The monoisotopic (exact) mass is 436 g/mol. The second kappa shape index (κ2) is 19.4. The molecule has 4 N–H and O–H groups in total. The fourth-order valence-corrected chi connectivity index (χ4v) is 3.03. The van der Waals surface area contributed by atoms with E-state index in [0.29, 0.717) is 6.42 Å². The van der Waals surface area contributed by atoms with E-state index in [-0.39, 0.29) is 6.61 Å². The number of phosphoric acid groups is 1. The van der Waals surface area contributed by atoms with Crippen molar-refractivity contribution in [2.24, 2.45) is 0 Å². The van der Waals surface area contributed by atoms with Gasteiger partial charge in [0.25, 0.3) is 0 Å². The summed E-state index contributed by atoms with van der Waals surface area (Å²) in [5, 5.41) is 19.1. The molecule has 2 atom stereocenters. The van der Waals surface area contributed by atoms with Crippen LogP contribution in [-0.2, 0) is 13.8 Å². The van der Waals surface area contributed by atoms with Crippen LogP contribution in [0.2, 0.25) is 0 Å². The van der Waals surface area contributed by atoms with Crippen molar-refractivity contribution in [2.75, 3.05) is 13.2 Å². The van der Waals surface area contributed by atoms with Crippen molar-refractivity contribution >= 4 is 7.82 Å². The molecule has 172 valence electrons. The predicted octanol–water partition coefficient (Wildman–Crippen LogP) is 4.61. The van der Waals surface area contributed by atoms with E-state index in [4.69, 9.17) is 14.5 Å². The SMILES string of the molecule is CCCCC/C=C\C/C=C\CCCCCCC[C@@H](O)OC[C@@H](O)COP(=O)(O)O. The minimum atomic E-state index is -4.60. The average Bonchev–Trinajstić information content (AvgIpc) is 2.67. The molecule has 0 aromatic heterocycles. The fourth-order valence-electron chi connectivity index (χ4n) is 2.67. The summed E-state index contributed by atoms with van der Waals surface area (Å²) >= 11 is 0. The number of aliphatic hydroxyl groups is 2. The highest BCUT2D eigenvalue weighted by Gasteiger charge is 2.17. The summed E-state index contributed by atoms with van der Waals surface area (Å²) in [5.74, 6) is 0. The van der Waals surface area contributed by atoms with Crippen LogP contribution in [0.3, 0.4) is 0 Å². The smallest absolute Gasteiger partial charge is 0.388 e. The van der Waals surface area contributed by atoms with Crippen molar-refractivity contribution in [3.63, 3.8) is 0 Å². The third-order valence-corrected chi connectivity index (χ3v) is 4.80.